The Morgan fingerprint density at radius 1 is 1.05 bits per heavy atom. The molecule has 1 spiro atoms. The predicted molar refractivity (Wildman–Crippen MR) is 161 cm³/mol. The van der Waals surface area contributed by atoms with Gasteiger partial charge in [0.1, 0.15) is 6.04 Å². The maximum Gasteiger partial charge on any atom is 0.251 e. The summed E-state index contributed by atoms with van der Waals surface area (Å²) in [7, 11) is 0. The van der Waals surface area contributed by atoms with Gasteiger partial charge in [-0.25, -0.2) is 0 Å². The van der Waals surface area contributed by atoms with Crippen LogP contribution < -0.4 is 9.80 Å². The van der Waals surface area contributed by atoms with Crippen LogP contribution in [-0.2, 0) is 14.4 Å². The molecule has 40 heavy (non-hydrogen) atoms. The number of halogens is 1. The summed E-state index contributed by atoms with van der Waals surface area (Å²) < 4.78 is -0.744. The van der Waals surface area contributed by atoms with Crippen LogP contribution >= 0.6 is 23.4 Å². The van der Waals surface area contributed by atoms with Crippen molar-refractivity contribution in [2.75, 3.05) is 36.0 Å². The summed E-state index contributed by atoms with van der Waals surface area (Å²) in [6.45, 7) is 8.36. The van der Waals surface area contributed by atoms with Crippen molar-refractivity contribution in [1.82, 2.24) is 4.90 Å². The van der Waals surface area contributed by atoms with Crippen molar-refractivity contribution in [3.8, 4) is 0 Å². The van der Waals surface area contributed by atoms with Crippen LogP contribution in [0.2, 0.25) is 5.02 Å². The van der Waals surface area contributed by atoms with Gasteiger partial charge in [0, 0.05) is 37.2 Å². The molecule has 5 atom stereocenters. The topological polar surface area (TPSA) is 81.2 Å². The van der Waals surface area contributed by atoms with Crippen molar-refractivity contribution < 1.29 is 19.5 Å². The number of amides is 3. The van der Waals surface area contributed by atoms with Gasteiger partial charge in [-0.1, -0.05) is 54.1 Å². The molecule has 9 heteroatoms. The number of fused-ring (bicyclic) bond motifs is 1. The largest absolute Gasteiger partial charge is 0.396 e. The van der Waals surface area contributed by atoms with Crippen molar-refractivity contribution >= 4 is 52.5 Å². The van der Waals surface area contributed by atoms with Crippen LogP contribution in [0.4, 0.5) is 11.4 Å². The van der Waals surface area contributed by atoms with Gasteiger partial charge < -0.3 is 19.8 Å². The fraction of sp³-hybridized carbons (Fsp3) is 0.387. The standard InChI is InChI=1S/C31H34ClN3O4S/c1-3-17-33(21-11-6-5-7-12-21)28(37)25-24-15-16-31(40-24)26(25)29(38)35(19-10-20-36)27(31)30(39)34(18-4-2)23-14-9-8-13-22(23)32/h3-9,11-14,24-27,36H,1-2,10,15-20H2/t24-,25+,26-,27?,31?/m0/s1. The van der Waals surface area contributed by atoms with Gasteiger partial charge in [-0.3, -0.25) is 14.4 Å². The van der Waals surface area contributed by atoms with Gasteiger partial charge in [-0.05, 0) is 43.5 Å². The molecule has 3 saturated heterocycles. The Labute approximate surface area is 244 Å². The van der Waals surface area contributed by atoms with Gasteiger partial charge in [0.05, 0.1) is 27.3 Å². The van der Waals surface area contributed by atoms with E-state index in [4.69, 9.17) is 11.6 Å². The van der Waals surface area contributed by atoms with E-state index in [9.17, 15) is 19.5 Å². The van der Waals surface area contributed by atoms with Gasteiger partial charge in [0.25, 0.3) is 5.91 Å². The number of carbonyl (C=O) groups excluding carboxylic acids is 3. The third-order valence-electron chi connectivity index (χ3n) is 8.24. The highest BCUT2D eigenvalue weighted by atomic mass is 35.5. The number of likely N-dealkylation sites (tertiary alicyclic amines) is 1. The maximum absolute atomic E-state index is 14.5. The van der Waals surface area contributed by atoms with E-state index in [1.807, 2.05) is 36.4 Å². The molecule has 3 aliphatic heterocycles. The van der Waals surface area contributed by atoms with E-state index in [2.05, 4.69) is 13.2 Å². The number of para-hydroxylation sites is 2. The van der Waals surface area contributed by atoms with Gasteiger partial charge in [-0.2, -0.15) is 0 Å². The summed E-state index contributed by atoms with van der Waals surface area (Å²) in [6.07, 6.45) is 5.07. The molecule has 0 aromatic heterocycles. The van der Waals surface area contributed by atoms with Gasteiger partial charge in [0.2, 0.25) is 11.8 Å². The molecule has 0 radical (unpaired) electrons. The molecule has 7 nitrogen and oxygen atoms in total. The van der Waals surface area contributed by atoms with E-state index in [0.717, 1.165) is 12.1 Å². The molecule has 2 bridgehead atoms. The van der Waals surface area contributed by atoms with Gasteiger partial charge >= 0.3 is 0 Å². The predicted octanol–water partition coefficient (Wildman–Crippen LogP) is 4.55. The lowest BCUT2D eigenvalue weighted by Crippen LogP contribution is -2.55. The smallest absolute Gasteiger partial charge is 0.251 e. The first kappa shape index (κ1) is 28.5. The van der Waals surface area contributed by atoms with Crippen LogP contribution in [0, 0.1) is 11.8 Å². The van der Waals surface area contributed by atoms with Crippen molar-refractivity contribution in [2.45, 2.75) is 35.3 Å². The molecule has 0 aliphatic carbocycles. The Hall–Kier alpha value is -3.07. The van der Waals surface area contributed by atoms with Crippen LogP contribution in [0.15, 0.2) is 79.9 Å². The second-order valence-electron chi connectivity index (χ2n) is 10.4. The first-order valence-electron chi connectivity index (χ1n) is 13.6. The van der Waals surface area contributed by atoms with E-state index in [0.29, 0.717) is 30.1 Å². The van der Waals surface area contributed by atoms with Crippen LogP contribution in [0.25, 0.3) is 0 Å². The fourth-order valence-corrected chi connectivity index (χ4v) is 9.13. The van der Waals surface area contributed by atoms with E-state index in [-0.39, 0.29) is 42.7 Å². The van der Waals surface area contributed by atoms with Crippen molar-refractivity contribution in [2.24, 2.45) is 11.8 Å². The Morgan fingerprint density at radius 2 is 1.73 bits per heavy atom. The number of hydrogen-bond donors (Lipinski definition) is 1. The van der Waals surface area contributed by atoms with E-state index < -0.39 is 22.6 Å². The van der Waals surface area contributed by atoms with Crippen LogP contribution in [0.1, 0.15) is 19.3 Å². The minimum absolute atomic E-state index is 0.0686. The molecule has 3 amide bonds. The van der Waals surface area contributed by atoms with Gasteiger partial charge in [0.15, 0.2) is 0 Å². The average molecular weight is 580 g/mol. The SMILES string of the molecule is C=CCN(C(=O)[C@@H]1[C@@H]2CCC3(S2)C(C(=O)N(CC=C)c2ccccc2Cl)N(CCCO)C(=O)[C@H]13)c1ccccc1. The summed E-state index contributed by atoms with van der Waals surface area (Å²) in [4.78, 5) is 47.9. The molecule has 2 aromatic carbocycles. The molecule has 2 unspecified atom stereocenters. The van der Waals surface area contributed by atoms with Crippen LogP contribution in [0.3, 0.4) is 0 Å². The third-order valence-corrected chi connectivity index (χ3v) is 10.5. The fourth-order valence-electron chi connectivity index (χ4n) is 6.69. The van der Waals surface area contributed by atoms with Crippen LogP contribution in [-0.4, -0.2) is 70.0 Å². The quantitative estimate of drug-likeness (QED) is 0.395. The molecule has 0 saturated carbocycles. The number of aliphatic hydroxyl groups excluding tert-OH is 1. The highest BCUT2D eigenvalue weighted by Gasteiger charge is 2.74. The zero-order chi connectivity index (χ0) is 28.4. The summed E-state index contributed by atoms with van der Waals surface area (Å²) in [6, 6.07) is 15.8. The highest BCUT2D eigenvalue weighted by molar-refractivity contribution is 8.02. The van der Waals surface area contributed by atoms with Crippen molar-refractivity contribution in [3.05, 3.63) is 84.9 Å². The molecule has 3 aliphatic rings. The molecule has 5 rings (SSSR count). The van der Waals surface area contributed by atoms with E-state index in [1.54, 1.807) is 56.8 Å². The average Bonchev–Trinajstić information content (AvgIpc) is 3.61. The molecule has 3 fully saturated rings. The van der Waals surface area contributed by atoms with E-state index >= 15 is 0 Å². The lowest BCUT2D eigenvalue weighted by Gasteiger charge is -2.37. The van der Waals surface area contributed by atoms with Crippen molar-refractivity contribution in [1.29, 1.82) is 0 Å². The summed E-state index contributed by atoms with van der Waals surface area (Å²) in [5, 5.41) is 10.00. The lowest BCUT2D eigenvalue weighted by molar-refractivity contribution is -0.139. The minimum Gasteiger partial charge on any atom is -0.396 e. The van der Waals surface area contributed by atoms with Crippen LogP contribution in [0.5, 0.6) is 0 Å². The Bertz CT molecular complexity index is 1310. The number of benzene rings is 2. The second-order valence-corrected chi connectivity index (χ2v) is 12.4. The number of anilines is 2. The van der Waals surface area contributed by atoms with E-state index in [1.165, 1.54) is 0 Å². The maximum atomic E-state index is 14.5. The number of nitrogens with zero attached hydrogens (tertiary/aromatic N) is 3. The molecule has 3 heterocycles. The molecule has 1 N–H and O–H groups in total. The number of aliphatic hydroxyl groups is 1. The van der Waals surface area contributed by atoms with Gasteiger partial charge in [-0.15, -0.1) is 24.9 Å². The summed E-state index contributed by atoms with van der Waals surface area (Å²) >= 11 is 8.15. The first-order chi connectivity index (χ1) is 19.4. The monoisotopic (exact) mass is 579 g/mol. The molecular formula is C31H34ClN3O4S. The Balaban J connectivity index is 1.56. The normalized spacial score (nSPS) is 26.4. The third kappa shape index (κ3) is 4.66. The Morgan fingerprint density at radius 3 is 2.40 bits per heavy atom. The zero-order valence-electron chi connectivity index (χ0n) is 22.3. The molecule has 2 aromatic rings. The number of thioether (sulfide) groups is 1. The first-order valence-corrected chi connectivity index (χ1v) is 14.9. The van der Waals surface area contributed by atoms with Crippen molar-refractivity contribution in [3.63, 3.8) is 0 Å². The number of hydrogen-bond acceptors (Lipinski definition) is 5. The zero-order valence-corrected chi connectivity index (χ0v) is 23.9. The number of rotatable bonds is 11. The highest BCUT2D eigenvalue weighted by Crippen LogP contribution is 2.66. The minimum atomic E-state index is -0.787. The summed E-state index contributed by atoms with van der Waals surface area (Å²) in [5.41, 5.74) is 1.30. The molecule has 210 valence electrons. The molecular weight excluding hydrogens is 546 g/mol. The summed E-state index contributed by atoms with van der Waals surface area (Å²) in [5.74, 6) is -1.75. The Kier molecular flexibility index (Phi) is 8.40. The lowest BCUT2D eigenvalue weighted by atomic mass is 9.70. The number of carbonyl (C=O) groups is 3. The second kappa shape index (κ2) is 11.8.